The molecule has 0 amide bonds. The van der Waals surface area contributed by atoms with Crippen LogP contribution < -0.4 is 5.32 Å². The molecule has 5 heteroatoms. The van der Waals surface area contributed by atoms with E-state index in [4.69, 9.17) is 0 Å². The van der Waals surface area contributed by atoms with Crippen LogP contribution in [0.4, 0.5) is 4.39 Å². The minimum atomic E-state index is -0.211. The average molecular weight is 262 g/mol. The lowest BCUT2D eigenvalue weighted by atomic mass is 10.0. The zero-order valence-corrected chi connectivity index (χ0v) is 11.3. The highest BCUT2D eigenvalue weighted by Gasteiger charge is 2.14. The van der Waals surface area contributed by atoms with E-state index in [1.165, 1.54) is 12.1 Å². The van der Waals surface area contributed by atoms with Crippen LogP contribution in [0.2, 0.25) is 0 Å². The first-order valence-corrected chi connectivity index (χ1v) is 6.52. The van der Waals surface area contributed by atoms with E-state index in [1.54, 1.807) is 11.0 Å². The highest BCUT2D eigenvalue weighted by molar-refractivity contribution is 5.21. The summed E-state index contributed by atoms with van der Waals surface area (Å²) < 4.78 is 14.8. The molecule has 1 aromatic carbocycles. The van der Waals surface area contributed by atoms with Gasteiger partial charge in [-0.2, -0.15) is 5.10 Å². The lowest BCUT2D eigenvalue weighted by Gasteiger charge is -2.18. The number of halogens is 1. The van der Waals surface area contributed by atoms with E-state index in [1.807, 2.05) is 19.2 Å². The van der Waals surface area contributed by atoms with E-state index in [-0.39, 0.29) is 11.9 Å². The quantitative estimate of drug-likeness (QED) is 0.868. The average Bonchev–Trinajstić information content (AvgIpc) is 2.81. The van der Waals surface area contributed by atoms with E-state index in [2.05, 4.69) is 22.3 Å². The van der Waals surface area contributed by atoms with Gasteiger partial charge in [0.2, 0.25) is 0 Å². The van der Waals surface area contributed by atoms with Gasteiger partial charge in [-0.15, -0.1) is 0 Å². The normalized spacial score (nSPS) is 12.6. The molecule has 102 valence electrons. The van der Waals surface area contributed by atoms with Crippen LogP contribution in [0.15, 0.2) is 30.6 Å². The van der Waals surface area contributed by atoms with Gasteiger partial charge in [0.05, 0.1) is 0 Å². The summed E-state index contributed by atoms with van der Waals surface area (Å²) in [5, 5.41) is 7.54. The first kappa shape index (κ1) is 13.7. The van der Waals surface area contributed by atoms with Gasteiger partial charge < -0.3 is 5.32 Å². The molecule has 1 aromatic heterocycles. The summed E-state index contributed by atoms with van der Waals surface area (Å²) in [6.45, 7) is 3.04. The number of hydrogen-bond donors (Lipinski definition) is 1. The molecule has 2 rings (SSSR count). The van der Waals surface area contributed by atoms with E-state index < -0.39 is 0 Å². The fourth-order valence-electron chi connectivity index (χ4n) is 2.01. The van der Waals surface area contributed by atoms with Gasteiger partial charge in [0.15, 0.2) is 0 Å². The van der Waals surface area contributed by atoms with Crippen molar-refractivity contribution in [2.45, 2.75) is 25.8 Å². The van der Waals surface area contributed by atoms with E-state index in [0.717, 1.165) is 30.8 Å². The van der Waals surface area contributed by atoms with Crippen molar-refractivity contribution in [1.29, 1.82) is 0 Å². The SMILES string of the molecule is CCCNC(Cc1ncnn1C)c1ccc(F)cc1. The third-order valence-corrected chi connectivity index (χ3v) is 3.10. The summed E-state index contributed by atoms with van der Waals surface area (Å²) in [6.07, 6.45) is 3.34. The Morgan fingerprint density at radius 3 is 2.63 bits per heavy atom. The van der Waals surface area contributed by atoms with Gasteiger partial charge in [-0.05, 0) is 30.7 Å². The van der Waals surface area contributed by atoms with Crippen molar-refractivity contribution >= 4 is 0 Å². The Hall–Kier alpha value is -1.75. The number of nitrogens with zero attached hydrogens (tertiary/aromatic N) is 3. The second kappa shape index (κ2) is 6.43. The lowest BCUT2D eigenvalue weighted by Crippen LogP contribution is -2.25. The standard InChI is InChI=1S/C14H19FN4/c1-3-8-16-13(9-14-17-10-18-19(14)2)11-4-6-12(15)7-5-11/h4-7,10,13,16H,3,8-9H2,1-2H3. The van der Waals surface area contributed by atoms with Crippen LogP contribution in [0.25, 0.3) is 0 Å². The van der Waals surface area contributed by atoms with Crippen molar-refractivity contribution in [2.24, 2.45) is 7.05 Å². The Kier molecular flexibility index (Phi) is 4.63. The molecule has 0 aliphatic heterocycles. The van der Waals surface area contributed by atoms with E-state index >= 15 is 0 Å². The Morgan fingerprint density at radius 2 is 2.05 bits per heavy atom. The predicted octanol–water partition coefficient (Wildman–Crippen LogP) is 2.24. The third-order valence-electron chi connectivity index (χ3n) is 3.10. The Morgan fingerprint density at radius 1 is 1.32 bits per heavy atom. The largest absolute Gasteiger partial charge is 0.310 e. The van der Waals surface area contributed by atoms with Crippen molar-refractivity contribution in [2.75, 3.05) is 6.54 Å². The summed E-state index contributed by atoms with van der Waals surface area (Å²) in [7, 11) is 1.88. The molecule has 0 aliphatic carbocycles. The van der Waals surface area contributed by atoms with Crippen LogP contribution in [0.1, 0.15) is 30.8 Å². The highest BCUT2D eigenvalue weighted by atomic mass is 19.1. The molecule has 1 unspecified atom stereocenters. The molecule has 0 saturated carbocycles. The first-order valence-electron chi connectivity index (χ1n) is 6.52. The van der Waals surface area contributed by atoms with Crippen LogP contribution in [0.3, 0.4) is 0 Å². The molecule has 2 aromatic rings. The number of rotatable bonds is 6. The Labute approximate surface area is 112 Å². The van der Waals surface area contributed by atoms with Gasteiger partial charge in [0, 0.05) is 19.5 Å². The Balaban J connectivity index is 2.15. The molecular formula is C14H19FN4. The molecule has 0 saturated heterocycles. The summed E-state index contributed by atoms with van der Waals surface area (Å²) >= 11 is 0. The molecule has 0 bridgehead atoms. The number of aromatic nitrogens is 3. The van der Waals surface area contributed by atoms with Gasteiger partial charge in [-0.3, -0.25) is 4.68 Å². The topological polar surface area (TPSA) is 42.7 Å². The number of nitrogens with one attached hydrogen (secondary N) is 1. The Bertz CT molecular complexity index is 506. The minimum Gasteiger partial charge on any atom is -0.310 e. The summed E-state index contributed by atoms with van der Waals surface area (Å²) in [5.41, 5.74) is 1.07. The van der Waals surface area contributed by atoms with Crippen molar-refractivity contribution in [1.82, 2.24) is 20.1 Å². The summed E-state index contributed by atoms with van der Waals surface area (Å²) in [5.74, 6) is 0.703. The van der Waals surface area contributed by atoms with Crippen LogP contribution in [-0.2, 0) is 13.5 Å². The maximum atomic E-state index is 13.0. The number of aryl methyl sites for hydroxylation is 1. The monoisotopic (exact) mass is 262 g/mol. The molecule has 1 N–H and O–H groups in total. The molecule has 0 fully saturated rings. The van der Waals surface area contributed by atoms with Crippen molar-refractivity contribution in [3.63, 3.8) is 0 Å². The van der Waals surface area contributed by atoms with Gasteiger partial charge in [-0.1, -0.05) is 19.1 Å². The van der Waals surface area contributed by atoms with E-state index in [0.29, 0.717) is 0 Å². The van der Waals surface area contributed by atoms with Gasteiger partial charge in [0.1, 0.15) is 18.0 Å². The van der Waals surface area contributed by atoms with Gasteiger partial charge in [-0.25, -0.2) is 9.37 Å². The number of hydrogen-bond acceptors (Lipinski definition) is 3. The molecule has 0 spiro atoms. The predicted molar refractivity (Wildman–Crippen MR) is 72.1 cm³/mol. The highest BCUT2D eigenvalue weighted by Crippen LogP contribution is 2.17. The first-order chi connectivity index (χ1) is 9.20. The molecule has 19 heavy (non-hydrogen) atoms. The van der Waals surface area contributed by atoms with Crippen LogP contribution in [0, 0.1) is 5.82 Å². The fraction of sp³-hybridized carbons (Fsp3) is 0.429. The molecule has 1 atom stereocenters. The molecule has 0 aliphatic rings. The zero-order valence-electron chi connectivity index (χ0n) is 11.3. The molecule has 4 nitrogen and oxygen atoms in total. The molecule has 1 heterocycles. The second-order valence-electron chi connectivity index (χ2n) is 4.56. The molecule has 0 radical (unpaired) electrons. The molecular weight excluding hydrogens is 243 g/mol. The fourth-order valence-corrected chi connectivity index (χ4v) is 2.01. The van der Waals surface area contributed by atoms with Crippen molar-refractivity contribution in [3.05, 3.63) is 47.8 Å². The summed E-state index contributed by atoms with van der Waals surface area (Å²) in [6, 6.07) is 6.75. The summed E-state index contributed by atoms with van der Waals surface area (Å²) in [4.78, 5) is 4.24. The van der Waals surface area contributed by atoms with E-state index in [9.17, 15) is 4.39 Å². The second-order valence-corrected chi connectivity index (χ2v) is 4.56. The van der Waals surface area contributed by atoms with Crippen LogP contribution >= 0.6 is 0 Å². The smallest absolute Gasteiger partial charge is 0.138 e. The lowest BCUT2D eigenvalue weighted by molar-refractivity contribution is 0.505. The maximum Gasteiger partial charge on any atom is 0.138 e. The van der Waals surface area contributed by atoms with Gasteiger partial charge in [0.25, 0.3) is 0 Å². The maximum absolute atomic E-state index is 13.0. The number of benzene rings is 1. The van der Waals surface area contributed by atoms with Crippen molar-refractivity contribution < 1.29 is 4.39 Å². The zero-order chi connectivity index (χ0) is 13.7. The minimum absolute atomic E-state index is 0.128. The van der Waals surface area contributed by atoms with Crippen LogP contribution in [-0.4, -0.2) is 21.3 Å². The third kappa shape index (κ3) is 3.61. The van der Waals surface area contributed by atoms with Gasteiger partial charge >= 0.3 is 0 Å². The van der Waals surface area contributed by atoms with Crippen LogP contribution in [0.5, 0.6) is 0 Å². The van der Waals surface area contributed by atoms with Crippen molar-refractivity contribution in [3.8, 4) is 0 Å².